The maximum atomic E-state index is 12.8. The topological polar surface area (TPSA) is 54.7 Å². The number of furan rings is 1. The highest BCUT2D eigenvalue weighted by Gasteiger charge is 2.26. The molecule has 1 aromatic heterocycles. The van der Waals surface area contributed by atoms with Crippen LogP contribution in [0.1, 0.15) is 23.2 Å². The second kappa shape index (κ2) is 8.17. The first kappa shape index (κ1) is 18.3. The number of piperazine rings is 1. The van der Waals surface area contributed by atoms with Gasteiger partial charge in [0.1, 0.15) is 23.9 Å². The molecule has 1 saturated heterocycles. The van der Waals surface area contributed by atoms with Crippen molar-refractivity contribution >= 4 is 18.3 Å². The molecule has 1 atom stereocenters. The highest BCUT2D eigenvalue weighted by Crippen LogP contribution is 2.17. The predicted octanol–water partition coefficient (Wildman–Crippen LogP) is 2.85. The number of benzene rings is 1. The monoisotopic (exact) mass is 354 g/mol. The fourth-order valence-corrected chi connectivity index (χ4v) is 2.54. The smallest absolute Gasteiger partial charge is 0.289 e. The first-order chi connectivity index (χ1) is 11.1. The molecule has 0 unspecified atom stereocenters. The van der Waals surface area contributed by atoms with E-state index in [1.807, 2.05) is 6.92 Å². The van der Waals surface area contributed by atoms with Crippen LogP contribution in [-0.2, 0) is 6.61 Å². The van der Waals surface area contributed by atoms with Crippen molar-refractivity contribution in [2.75, 3.05) is 19.6 Å². The van der Waals surface area contributed by atoms with Gasteiger partial charge in [0.05, 0.1) is 0 Å². The minimum Gasteiger partial charge on any atom is -0.486 e. The van der Waals surface area contributed by atoms with E-state index in [1.165, 1.54) is 12.1 Å². The Labute approximate surface area is 146 Å². The summed E-state index contributed by atoms with van der Waals surface area (Å²) in [6, 6.07) is 9.29. The first-order valence-electron chi connectivity index (χ1n) is 7.62. The summed E-state index contributed by atoms with van der Waals surface area (Å²) in [4.78, 5) is 14.3. The van der Waals surface area contributed by atoms with Crippen molar-refractivity contribution < 1.29 is 18.3 Å². The molecule has 1 fully saturated rings. The van der Waals surface area contributed by atoms with Crippen LogP contribution in [0.15, 0.2) is 40.8 Å². The van der Waals surface area contributed by atoms with E-state index < -0.39 is 0 Å². The number of hydrogen-bond donors (Lipinski definition) is 1. The van der Waals surface area contributed by atoms with Gasteiger partial charge in [-0.05, 0) is 43.3 Å². The van der Waals surface area contributed by atoms with E-state index in [0.29, 0.717) is 23.8 Å². The summed E-state index contributed by atoms with van der Waals surface area (Å²) in [5.41, 5.74) is 0. The standard InChI is InChI=1S/C17H19FN2O3.ClH/c1-12-10-19-8-9-20(12)17(21)16-7-6-15(23-16)11-22-14-4-2-13(18)3-5-14;/h2-7,12,19H,8-11H2,1H3;1H/t12-;/m0./s1. The molecule has 1 aliphatic rings. The zero-order chi connectivity index (χ0) is 16.2. The van der Waals surface area contributed by atoms with E-state index in [1.54, 1.807) is 29.2 Å². The van der Waals surface area contributed by atoms with Gasteiger partial charge in [-0.15, -0.1) is 12.4 Å². The highest BCUT2D eigenvalue weighted by molar-refractivity contribution is 5.91. The summed E-state index contributed by atoms with van der Waals surface area (Å²) in [5.74, 6) is 1.00. The van der Waals surface area contributed by atoms with Crippen molar-refractivity contribution in [2.24, 2.45) is 0 Å². The number of rotatable bonds is 4. The lowest BCUT2D eigenvalue weighted by atomic mass is 10.2. The lowest BCUT2D eigenvalue weighted by Crippen LogP contribution is -2.52. The van der Waals surface area contributed by atoms with E-state index in [-0.39, 0.29) is 36.8 Å². The summed E-state index contributed by atoms with van der Waals surface area (Å²) in [6.45, 7) is 4.44. The maximum absolute atomic E-state index is 12.8. The predicted molar refractivity (Wildman–Crippen MR) is 90.1 cm³/mol. The maximum Gasteiger partial charge on any atom is 0.289 e. The van der Waals surface area contributed by atoms with Crippen LogP contribution in [0.25, 0.3) is 0 Å². The zero-order valence-electron chi connectivity index (χ0n) is 13.3. The van der Waals surface area contributed by atoms with Crippen LogP contribution < -0.4 is 10.1 Å². The second-order valence-electron chi connectivity index (χ2n) is 5.56. The van der Waals surface area contributed by atoms with Crippen molar-refractivity contribution in [1.82, 2.24) is 10.2 Å². The molecule has 2 aromatic rings. The van der Waals surface area contributed by atoms with Crippen LogP contribution in [-0.4, -0.2) is 36.5 Å². The second-order valence-corrected chi connectivity index (χ2v) is 5.56. The lowest BCUT2D eigenvalue weighted by Gasteiger charge is -2.33. The molecular formula is C17H20ClFN2O3. The van der Waals surface area contributed by atoms with Crippen LogP contribution in [0, 0.1) is 5.82 Å². The molecule has 1 aliphatic heterocycles. The SMILES string of the molecule is C[C@H]1CNCCN1C(=O)c1ccc(COc2ccc(F)cc2)o1.Cl. The quantitative estimate of drug-likeness (QED) is 0.917. The van der Waals surface area contributed by atoms with E-state index in [0.717, 1.165) is 13.1 Å². The Hall–Kier alpha value is -2.05. The van der Waals surface area contributed by atoms with Crippen molar-refractivity contribution in [1.29, 1.82) is 0 Å². The highest BCUT2D eigenvalue weighted by atomic mass is 35.5. The molecule has 1 amide bonds. The average molecular weight is 355 g/mol. The summed E-state index contributed by atoms with van der Waals surface area (Å²) >= 11 is 0. The van der Waals surface area contributed by atoms with Crippen LogP contribution in [0.4, 0.5) is 4.39 Å². The molecule has 3 rings (SSSR count). The third-order valence-corrected chi connectivity index (χ3v) is 3.83. The Balaban J connectivity index is 0.00000208. The van der Waals surface area contributed by atoms with Gasteiger partial charge in [-0.2, -0.15) is 0 Å². The fourth-order valence-electron chi connectivity index (χ4n) is 2.54. The molecule has 2 heterocycles. The summed E-state index contributed by atoms with van der Waals surface area (Å²) in [6.07, 6.45) is 0. The summed E-state index contributed by atoms with van der Waals surface area (Å²) < 4.78 is 23.9. The lowest BCUT2D eigenvalue weighted by molar-refractivity contribution is 0.0619. The Morgan fingerprint density at radius 3 is 2.79 bits per heavy atom. The molecule has 5 nitrogen and oxygen atoms in total. The van der Waals surface area contributed by atoms with Gasteiger partial charge in [0.25, 0.3) is 5.91 Å². The Morgan fingerprint density at radius 2 is 2.08 bits per heavy atom. The summed E-state index contributed by atoms with van der Waals surface area (Å²) in [7, 11) is 0. The van der Waals surface area contributed by atoms with Crippen molar-refractivity contribution in [2.45, 2.75) is 19.6 Å². The number of halogens is 2. The molecular weight excluding hydrogens is 335 g/mol. The number of carbonyl (C=O) groups is 1. The van der Waals surface area contributed by atoms with Crippen LogP contribution in [0.2, 0.25) is 0 Å². The van der Waals surface area contributed by atoms with Gasteiger partial charge in [0, 0.05) is 25.7 Å². The van der Waals surface area contributed by atoms with Gasteiger partial charge in [0.15, 0.2) is 5.76 Å². The summed E-state index contributed by atoms with van der Waals surface area (Å²) in [5, 5.41) is 3.25. The van der Waals surface area contributed by atoms with Crippen LogP contribution in [0.3, 0.4) is 0 Å². The average Bonchev–Trinajstić information content (AvgIpc) is 3.03. The molecule has 1 N–H and O–H groups in total. The number of nitrogens with zero attached hydrogens (tertiary/aromatic N) is 1. The van der Waals surface area contributed by atoms with Crippen molar-refractivity contribution in [3.63, 3.8) is 0 Å². The third kappa shape index (κ3) is 4.27. The molecule has 7 heteroatoms. The molecule has 0 radical (unpaired) electrons. The minimum atomic E-state index is -0.312. The van der Waals surface area contributed by atoms with E-state index in [2.05, 4.69) is 5.32 Å². The zero-order valence-corrected chi connectivity index (χ0v) is 14.1. The van der Waals surface area contributed by atoms with Crippen LogP contribution in [0.5, 0.6) is 5.75 Å². The fraction of sp³-hybridized carbons (Fsp3) is 0.353. The normalized spacial score (nSPS) is 17.2. The largest absolute Gasteiger partial charge is 0.486 e. The van der Waals surface area contributed by atoms with E-state index in [4.69, 9.17) is 9.15 Å². The van der Waals surface area contributed by atoms with Gasteiger partial charge >= 0.3 is 0 Å². The van der Waals surface area contributed by atoms with Gasteiger partial charge in [-0.25, -0.2) is 4.39 Å². The Kier molecular flexibility index (Phi) is 6.23. The Morgan fingerprint density at radius 1 is 1.33 bits per heavy atom. The molecule has 0 bridgehead atoms. The number of hydrogen-bond acceptors (Lipinski definition) is 4. The van der Waals surface area contributed by atoms with Crippen molar-refractivity contribution in [3.8, 4) is 5.75 Å². The number of carbonyl (C=O) groups excluding carboxylic acids is 1. The van der Waals surface area contributed by atoms with E-state index >= 15 is 0 Å². The number of nitrogens with one attached hydrogen (secondary N) is 1. The number of ether oxygens (including phenoxy) is 1. The van der Waals surface area contributed by atoms with Gasteiger partial charge < -0.3 is 19.4 Å². The molecule has 24 heavy (non-hydrogen) atoms. The van der Waals surface area contributed by atoms with Crippen LogP contribution >= 0.6 is 12.4 Å². The molecule has 0 spiro atoms. The van der Waals surface area contributed by atoms with Gasteiger partial charge in [-0.3, -0.25) is 4.79 Å². The van der Waals surface area contributed by atoms with E-state index in [9.17, 15) is 9.18 Å². The number of amides is 1. The molecule has 130 valence electrons. The first-order valence-corrected chi connectivity index (χ1v) is 7.62. The van der Waals surface area contributed by atoms with Crippen molar-refractivity contribution in [3.05, 3.63) is 53.7 Å². The van der Waals surface area contributed by atoms with Gasteiger partial charge in [-0.1, -0.05) is 0 Å². The molecule has 0 saturated carbocycles. The third-order valence-electron chi connectivity index (χ3n) is 3.83. The van der Waals surface area contributed by atoms with Gasteiger partial charge in [0.2, 0.25) is 0 Å². The molecule has 1 aromatic carbocycles. The minimum absolute atomic E-state index is 0. The Bertz CT molecular complexity index is 675. The molecule has 0 aliphatic carbocycles.